The van der Waals surface area contributed by atoms with E-state index in [1.54, 1.807) is 0 Å². The molecule has 0 bridgehead atoms. The number of benzene rings is 6. The van der Waals surface area contributed by atoms with E-state index in [9.17, 15) is 0 Å². The van der Waals surface area contributed by atoms with E-state index in [4.69, 9.17) is 33.2 Å². The lowest BCUT2D eigenvalue weighted by molar-refractivity contribution is -0.276. The van der Waals surface area contributed by atoms with Crippen molar-refractivity contribution in [3.8, 4) is 0 Å². The molecule has 0 radical (unpaired) electrons. The van der Waals surface area contributed by atoms with Gasteiger partial charge in [0.05, 0.1) is 71.1 Å². The van der Waals surface area contributed by atoms with Crippen LogP contribution in [0.5, 0.6) is 0 Å². The first-order valence-electron chi connectivity index (χ1n) is 22.5. The summed E-state index contributed by atoms with van der Waals surface area (Å²) >= 11 is 0. The fourth-order valence-corrected chi connectivity index (χ4v) is 8.74. The third-order valence-corrected chi connectivity index (χ3v) is 12.0. The molecule has 328 valence electrons. The van der Waals surface area contributed by atoms with Crippen LogP contribution in [0.4, 0.5) is 0 Å². The van der Waals surface area contributed by atoms with Crippen LogP contribution in [0.3, 0.4) is 0 Å². The van der Waals surface area contributed by atoms with Gasteiger partial charge < -0.3 is 38.5 Å². The number of rotatable bonds is 22. The van der Waals surface area contributed by atoms with Crippen LogP contribution >= 0.6 is 0 Å². The fourth-order valence-electron chi connectivity index (χ4n) is 8.74. The van der Waals surface area contributed by atoms with Crippen LogP contribution < -0.4 is 5.32 Å². The topological polar surface area (TPSA) is 76.6 Å². The molecule has 1 N–H and O–H groups in total. The van der Waals surface area contributed by atoms with E-state index >= 15 is 0 Å². The van der Waals surface area contributed by atoms with Crippen LogP contribution in [-0.2, 0) is 72.8 Å². The minimum absolute atomic E-state index is 0.0273. The third kappa shape index (κ3) is 13.5. The molecule has 0 aromatic heterocycles. The molecule has 2 fully saturated rings. The van der Waals surface area contributed by atoms with Crippen LogP contribution in [-0.4, -0.2) is 62.4 Å². The zero-order chi connectivity index (χ0) is 42.7. The summed E-state index contributed by atoms with van der Waals surface area (Å²) in [7, 11) is 0. The van der Waals surface area contributed by atoms with E-state index < -0.39 is 24.4 Å². The van der Waals surface area contributed by atoms with Crippen molar-refractivity contribution in [1.29, 1.82) is 0 Å². The van der Waals surface area contributed by atoms with E-state index in [1.165, 1.54) is 0 Å². The Bertz CT molecular complexity index is 2130. The predicted octanol–water partition coefficient (Wildman–Crippen LogP) is 9.90. The van der Waals surface area contributed by atoms with E-state index in [2.05, 4.69) is 90.2 Å². The Hall–Kier alpha value is -5.00. The van der Waals surface area contributed by atoms with Gasteiger partial charge in [0.1, 0.15) is 24.4 Å². The van der Waals surface area contributed by atoms with Gasteiger partial charge in [-0.05, 0) is 58.7 Å². The number of hydrogen-bond acceptors (Lipinski definition) is 8. The first-order valence-corrected chi connectivity index (χ1v) is 22.5. The maximum Gasteiger partial charge on any atom is 0.115 e. The summed E-state index contributed by atoms with van der Waals surface area (Å²) in [5.41, 5.74) is 6.60. The van der Waals surface area contributed by atoms with Crippen molar-refractivity contribution in [3.05, 3.63) is 215 Å². The standard InChI is InChI=1S/C55H61NO7/c1-7-19-42(20-8-1)34-57-40-49-52(59-36-44-23-11-3-12-24-44)48(31-32-56-49)33-50-53(60-37-45-25-13-4-14-26-45)55(62-39-47-29-17-6-18-30-47)54(61-38-46-27-15-5-16-28-46)51(63-50)41-58-35-43-21-9-2-10-22-43/h1-30,48-56H,31-41H2/t48-,49+,50+,51+,52-,53-,54+,55+/m0/s1. The van der Waals surface area contributed by atoms with Crippen LogP contribution in [0.1, 0.15) is 46.2 Å². The summed E-state index contributed by atoms with van der Waals surface area (Å²) in [6.45, 7) is 4.32. The average Bonchev–Trinajstić information content (AvgIpc) is 3.34. The summed E-state index contributed by atoms with van der Waals surface area (Å²) < 4.78 is 48.3. The number of nitrogens with one attached hydrogen (secondary N) is 1. The molecule has 8 rings (SSSR count). The van der Waals surface area contributed by atoms with E-state index in [-0.39, 0.29) is 24.2 Å². The second kappa shape index (κ2) is 24.2. The average molecular weight is 848 g/mol. The second-order valence-corrected chi connectivity index (χ2v) is 16.6. The fraction of sp³-hybridized carbons (Fsp3) is 0.345. The molecule has 63 heavy (non-hydrogen) atoms. The molecule has 2 heterocycles. The summed E-state index contributed by atoms with van der Waals surface area (Å²) in [6, 6.07) is 61.9. The number of hydrogen-bond donors (Lipinski definition) is 1. The Kier molecular flexibility index (Phi) is 17.1. The summed E-state index contributed by atoms with van der Waals surface area (Å²) in [4.78, 5) is 0. The Balaban J connectivity index is 1.10. The maximum absolute atomic E-state index is 7.33. The molecule has 2 aliphatic rings. The molecule has 0 spiro atoms. The van der Waals surface area contributed by atoms with Gasteiger partial charge in [0.25, 0.3) is 0 Å². The summed E-state index contributed by atoms with van der Waals surface area (Å²) in [5, 5.41) is 3.77. The highest BCUT2D eigenvalue weighted by Gasteiger charge is 2.50. The van der Waals surface area contributed by atoms with Gasteiger partial charge in [-0.1, -0.05) is 182 Å². The predicted molar refractivity (Wildman–Crippen MR) is 245 cm³/mol. The Morgan fingerprint density at radius 2 is 0.730 bits per heavy atom. The molecule has 0 saturated carbocycles. The van der Waals surface area contributed by atoms with E-state index in [1.807, 2.05) is 97.1 Å². The molecule has 6 aromatic rings. The minimum Gasteiger partial charge on any atom is -0.375 e. The van der Waals surface area contributed by atoms with Gasteiger partial charge in [-0.2, -0.15) is 0 Å². The van der Waals surface area contributed by atoms with Crippen LogP contribution in [0.25, 0.3) is 0 Å². The Morgan fingerprint density at radius 3 is 1.16 bits per heavy atom. The van der Waals surface area contributed by atoms with Gasteiger partial charge in [0.15, 0.2) is 0 Å². The Morgan fingerprint density at radius 1 is 0.381 bits per heavy atom. The maximum atomic E-state index is 7.33. The highest BCUT2D eigenvalue weighted by Crippen LogP contribution is 2.37. The molecular weight excluding hydrogens is 787 g/mol. The van der Waals surface area contributed by atoms with Gasteiger partial charge in [-0.3, -0.25) is 0 Å². The second-order valence-electron chi connectivity index (χ2n) is 16.6. The normalized spacial score (nSPS) is 23.6. The van der Waals surface area contributed by atoms with Gasteiger partial charge in [-0.15, -0.1) is 0 Å². The molecule has 0 aliphatic carbocycles. The van der Waals surface area contributed by atoms with Gasteiger partial charge in [0.2, 0.25) is 0 Å². The van der Waals surface area contributed by atoms with Crippen molar-refractivity contribution in [2.24, 2.45) is 5.92 Å². The number of ether oxygens (including phenoxy) is 7. The zero-order valence-electron chi connectivity index (χ0n) is 36.1. The zero-order valence-corrected chi connectivity index (χ0v) is 36.1. The molecule has 8 nitrogen and oxygen atoms in total. The monoisotopic (exact) mass is 847 g/mol. The lowest BCUT2D eigenvalue weighted by Crippen LogP contribution is -2.62. The smallest absolute Gasteiger partial charge is 0.115 e. The van der Waals surface area contributed by atoms with Gasteiger partial charge >= 0.3 is 0 Å². The van der Waals surface area contributed by atoms with E-state index in [0.29, 0.717) is 59.3 Å². The summed E-state index contributed by atoms with van der Waals surface area (Å²) in [6.07, 6.45) is -0.853. The lowest BCUT2D eigenvalue weighted by atomic mass is 9.81. The highest BCUT2D eigenvalue weighted by atomic mass is 16.6. The van der Waals surface area contributed by atoms with Crippen LogP contribution in [0, 0.1) is 5.92 Å². The Labute approximate surface area is 373 Å². The molecule has 0 amide bonds. The van der Waals surface area contributed by atoms with Gasteiger partial charge in [0, 0.05) is 0 Å². The van der Waals surface area contributed by atoms with Crippen molar-refractivity contribution in [3.63, 3.8) is 0 Å². The van der Waals surface area contributed by atoms with Crippen molar-refractivity contribution in [1.82, 2.24) is 5.32 Å². The van der Waals surface area contributed by atoms with Crippen molar-refractivity contribution in [2.75, 3.05) is 19.8 Å². The largest absolute Gasteiger partial charge is 0.375 e. The van der Waals surface area contributed by atoms with Crippen molar-refractivity contribution < 1.29 is 33.2 Å². The molecule has 8 heteroatoms. The van der Waals surface area contributed by atoms with Crippen molar-refractivity contribution >= 4 is 0 Å². The SMILES string of the molecule is c1ccc(COC[C@H]2NCC[C@@H](C[C@H]3O[C@H](COCc4ccccc4)[C@@H](OCc4ccccc4)[C@H](OCc4ccccc4)[C@H]3OCc3ccccc3)[C@@H]2OCc2ccccc2)cc1. The first-order chi connectivity index (χ1) is 31.2. The molecule has 2 aliphatic heterocycles. The lowest BCUT2D eigenvalue weighted by Gasteiger charge is -2.48. The molecular formula is C55H61NO7. The molecule has 6 aromatic carbocycles. The molecule has 0 unspecified atom stereocenters. The highest BCUT2D eigenvalue weighted by molar-refractivity contribution is 5.18. The van der Waals surface area contributed by atoms with E-state index in [0.717, 1.165) is 46.3 Å². The van der Waals surface area contributed by atoms with Crippen LogP contribution in [0.2, 0.25) is 0 Å². The quantitative estimate of drug-likeness (QED) is 0.0724. The van der Waals surface area contributed by atoms with Crippen LogP contribution in [0.15, 0.2) is 182 Å². The first kappa shape index (κ1) is 44.6. The van der Waals surface area contributed by atoms with Crippen molar-refractivity contribution in [2.45, 2.75) is 95.1 Å². The minimum atomic E-state index is -0.501. The summed E-state index contributed by atoms with van der Waals surface area (Å²) in [5.74, 6) is 0.121. The van der Waals surface area contributed by atoms with Gasteiger partial charge in [-0.25, -0.2) is 0 Å². The third-order valence-electron chi connectivity index (χ3n) is 12.0. The number of piperidine rings is 1. The molecule has 2 saturated heterocycles. The molecule has 8 atom stereocenters.